The van der Waals surface area contributed by atoms with E-state index in [4.69, 9.17) is 14.4 Å². The molecule has 4 heterocycles. The van der Waals surface area contributed by atoms with Gasteiger partial charge < -0.3 is 18.8 Å². The first-order valence-electron chi connectivity index (χ1n) is 7.62. The molecule has 3 aromatic rings. The smallest absolute Gasteiger partial charge is 0.178 e. The Kier molecular flexibility index (Phi) is 3.29. The first-order chi connectivity index (χ1) is 11.2. The lowest BCUT2D eigenvalue weighted by Crippen LogP contribution is -2.28. The molecule has 0 amide bonds. The fourth-order valence-corrected chi connectivity index (χ4v) is 3.20. The molecule has 0 spiro atoms. The van der Waals surface area contributed by atoms with Crippen molar-refractivity contribution in [2.75, 3.05) is 6.61 Å². The van der Waals surface area contributed by atoms with Crippen molar-refractivity contribution in [1.29, 1.82) is 5.26 Å². The second-order valence-corrected chi connectivity index (χ2v) is 5.83. The van der Waals surface area contributed by atoms with E-state index in [1.165, 1.54) is 0 Å². The zero-order chi connectivity index (χ0) is 16.0. The lowest BCUT2D eigenvalue weighted by molar-refractivity contribution is 0.0178. The van der Waals surface area contributed by atoms with E-state index in [0.717, 1.165) is 17.5 Å². The van der Waals surface area contributed by atoms with Crippen LogP contribution in [0.1, 0.15) is 37.7 Å². The molecule has 0 radical (unpaired) electrons. The number of furan rings is 1. The maximum absolute atomic E-state index is 10.1. The highest BCUT2D eigenvalue weighted by Gasteiger charge is 2.29. The van der Waals surface area contributed by atoms with E-state index < -0.39 is 6.10 Å². The highest BCUT2D eigenvalue weighted by Crippen LogP contribution is 2.34. The number of aliphatic hydroxyl groups is 1. The van der Waals surface area contributed by atoms with E-state index in [1.54, 1.807) is 25.5 Å². The van der Waals surface area contributed by atoms with Gasteiger partial charge in [0.1, 0.15) is 34.6 Å². The SMILES string of the molecule is C[C@@H](O)c1nc2cnc3ccoc3c2n1C1CCC(C#N)OC1. The minimum absolute atomic E-state index is 0.00454. The zero-order valence-electron chi connectivity index (χ0n) is 12.6. The topological polar surface area (TPSA) is 97.1 Å². The minimum Gasteiger partial charge on any atom is -0.460 e. The van der Waals surface area contributed by atoms with Gasteiger partial charge in [0.05, 0.1) is 31.2 Å². The summed E-state index contributed by atoms with van der Waals surface area (Å²) in [6.45, 7) is 2.10. The second kappa shape index (κ2) is 5.33. The molecule has 1 N–H and O–H groups in total. The summed E-state index contributed by atoms with van der Waals surface area (Å²) < 4.78 is 13.2. The molecule has 0 saturated carbocycles. The van der Waals surface area contributed by atoms with Crippen molar-refractivity contribution in [2.24, 2.45) is 0 Å². The van der Waals surface area contributed by atoms with Crippen molar-refractivity contribution in [3.8, 4) is 6.07 Å². The van der Waals surface area contributed by atoms with E-state index in [-0.39, 0.29) is 12.1 Å². The second-order valence-electron chi connectivity index (χ2n) is 5.83. The number of hydrogen-bond donors (Lipinski definition) is 1. The van der Waals surface area contributed by atoms with Gasteiger partial charge in [-0.25, -0.2) is 4.98 Å². The van der Waals surface area contributed by atoms with Gasteiger partial charge in [-0.3, -0.25) is 4.98 Å². The number of aliphatic hydroxyl groups excluding tert-OH is 1. The Balaban J connectivity index is 1.90. The Labute approximate surface area is 132 Å². The summed E-state index contributed by atoms with van der Waals surface area (Å²) in [6, 6.07) is 3.95. The fourth-order valence-electron chi connectivity index (χ4n) is 3.20. The van der Waals surface area contributed by atoms with Crippen LogP contribution in [0.5, 0.6) is 0 Å². The average molecular weight is 312 g/mol. The zero-order valence-corrected chi connectivity index (χ0v) is 12.6. The van der Waals surface area contributed by atoms with Gasteiger partial charge in [0.2, 0.25) is 0 Å². The molecule has 0 bridgehead atoms. The van der Waals surface area contributed by atoms with Crippen molar-refractivity contribution in [1.82, 2.24) is 14.5 Å². The van der Waals surface area contributed by atoms with Gasteiger partial charge in [0, 0.05) is 6.07 Å². The summed E-state index contributed by atoms with van der Waals surface area (Å²) in [4.78, 5) is 8.85. The van der Waals surface area contributed by atoms with Gasteiger partial charge in [0.25, 0.3) is 0 Å². The third-order valence-electron chi connectivity index (χ3n) is 4.29. The van der Waals surface area contributed by atoms with Gasteiger partial charge >= 0.3 is 0 Å². The van der Waals surface area contributed by atoms with Crippen LogP contribution in [0.4, 0.5) is 0 Å². The van der Waals surface area contributed by atoms with Crippen molar-refractivity contribution >= 4 is 22.1 Å². The van der Waals surface area contributed by atoms with Crippen LogP contribution in [0.25, 0.3) is 22.1 Å². The number of nitriles is 1. The van der Waals surface area contributed by atoms with E-state index in [1.807, 2.05) is 4.57 Å². The Hall–Kier alpha value is -2.43. The minimum atomic E-state index is -0.721. The van der Waals surface area contributed by atoms with Gasteiger partial charge in [-0.15, -0.1) is 0 Å². The molecular formula is C16H16N4O3. The Morgan fingerprint density at radius 1 is 1.43 bits per heavy atom. The van der Waals surface area contributed by atoms with Crippen LogP contribution in [0, 0.1) is 11.3 Å². The van der Waals surface area contributed by atoms with Crippen LogP contribution in [-0.2, 0) is 4.74 Å². The number of ether oxygens (including phenoxy) is 1. The van der Waals surface area contributed by atoms with Crippen LogP contribution in [0.2, 0.25) is 0 Å². The van der Waals surface area contributed by atoms with Crippen LogP contribution in [0.3, 0.4) is 0 Å². The Morgan fingerprint density at radius 2 is 2.30 bits per heavy atom. The number of pyridine rings is 1. The van der Waals surface area contributed by atoms with Gasteiger partial charge in [-0.1, -0.05) is 0 Å². The van der Waals surface area contributed by atoms with Crippen LogP contribution in [0.15, 0.2) is 22.9 Å². The molecule has 7 heteroatoms. The molecule has 23 heavy (non-hydrogen) atoms. The number of hydrogen-bond acceptors (Lipinski definition) is 6. The standard InChI is InChI=1S/C16H16N4O3/c1-9(21)16-19-13-7-18-12-4-5-22-15(12)14(13)20(16)10-2-3-11(6-17)23-8-10/h4-5,7,9-11,21H,2-3,8H2,1H3/t9-,10?,11?/m1/s1. The molecule has 118 valence electrons. The van der Waals surface area contributed by atoms with E-state index >= 15 is 0 Å². The van der Waals surface area contributed by atoms with Gasteiger partial charge in [-0.05, 0) is 19.8 Å². The van der Waals surface area contributed by atoms with Crippen LogP contribution in [-0.4, -0.2) is 32.4 Å². The first-order valence-corrected chi connectivity index (χ1v) is 7.62. The molecule has 4 rings (SSSR count). The molecule has 1 fully saturated rings. The summed E-state index contributed by atoms with van der Waals surface area (Å²) in [7, 11) is 0. The van der Waals surface area contributed by atoms with Gasteiger partial charge in [-0.2, -0.15) is 5.26 Å². The summed E-state index contributed by atoms with van der Waals surface area (Å²) in [5.74, 6) is 0.565. The quantitative estimate of drug-likeness (QED) is 0.780. The number of nitrogens with zero attached hydrogens (tertiary/aromatic N) is 4. The predicted molar refractivity (Wildman–Crippen MR) is 81.6 cm³/mol. The largest absolute Gasteiger partial charge is 0.460 e. The molecule has 1 aliphatic rings. The summed E-state index contributed by atoms with van der Waals surface area (Å²) in [5.41, 5.74) is 2.91. The lowest BCUT2D eigenvalue weighted by Gasteiger charge is -2.28. The number of aromatic nitrogens is 3. The van der Waals surface area contributed by atoms with Crippen LogP contribution >= 0.6 is 0 Å². The average Bonchev–Trinajstić information content (AvgIpc) is 3.18. The van der Waals surface area contributed by atoms with Crippen LogP contribution < -0.4 is 0 Å². The maximum atomic E-state index is 10.1. The lowest BCUT2D eigenvalue weighted by atomic mass is 10.0. The molecule has 0 aromatic carbocycles. The third-order valence-corrected chi connectivity index (χ3v) is 4.29. The molecule has 7 nitrogen and oxygen atoms in total. The molecule has 0 aliphatic carbocycles. The summed E-state index contributed by atoms with van der Waals surface area (Å²) in [6.07, 6.45) is 3.65. The number of fused-ring (bicyclic) bond motifs is 3. The Bertz CT molecular complexity index is 897. The third kappa shape index (κ3) is 2.19. The highest BCUT2D eigenvalue weighted by molar-refractivity contribution is 5.98. The molecule has 3 aromatic heterocycles. The molecule has 2 unspecified atom stereocenters. The molecular weight excluding hydrogens is 296 g/mol. The monoisotopic (exact) mass is 312 g/mol. The highest BCUT2D eigenvalue weighted by atomic mass is 16.5. The van der Waals surface area contributed by atoms with Gasteiger partial charge in [0.15, 0.2) is 5.58 Å². The number of rotatable bonds is 2. The summed E-state index contributed by atoms with van der Waals surface area (Å²) >= 11 is 0. The molecule has 1 saturated heterocycles. The molecule has 3 atom stereocenters. The first kappa shape index (κ1) is 14.2. The van der Waals surface area contributed by atoms with Crippen molar-refractivity contribution in [3.05, 3.63) is 24.4 Å². The van der Waals surface area contributed by atoms with E-state index in [2.05, 4.69) is 16.0 Å². The normalized spacial score (nSPS) is 23.2. The maximum Gasteiger partial charge on any atom is 0.178 e. The summed E-state index contributed by atoms with van der Waals surface area (Å²) in [5, 5.41) is 19.1. The Morgan fingerprint density at radius 3 is 3.00 bits per heavy atom. The molecule has 1 aliphatic heterocycles. The van der Waals surface area contributed by atoms with Crippen molar-refractivity contribution in [3.63, 3.8) is 0 Å². The van der Waals surface area contributed by atoms with E-state index in [9.17, 15) is 5.11 Å². The van der Waals surface area contributed by atoms with E-state index in [0.29, 0.717) is 30.0 Å². The number of imidazole rings is 1. The van der Waals surface area contributed by atoms with Crippen molar-refractivity contribution < 1.29 is 14.3 Å². The predicted octanol–water partition coefficient (Wildman–Crippen LogP) is 2.47. The fraction of sp³-hybridized carbons (Fsp3) is 0.438. The van der Waals surface area contributed by atoms with Crippen molar-refractivity contribution in [2.45, 2.75) is 38.0 Å².